The van der Waals surface area contributed by atoms with E-state index in [-0.39, 0.29) is 28.7 Å². The van der Waals surface area contributed by atoms with Crippen molar-refractivity contribution in [2.24, 2.45) is 28.2 Å². The van der Waals surface area contributed by atoms with E-state index in [9.17, 15) is 29.3 Å². The van der Waals surface area contributed by atoms with E-state index >= 15 is 0 Å². The van der Waals surface area contributed by atoms with Gasteiger partial charge in [0.1, 0.15) is 22.8 Å². The number of aryl methyl sites for hydroxylation is 4. The number of amides is 4. The van der Waals surface area contributed by atoms with Gasteiger partial charge in [0.05, 0.1) is 28.2 Å². The Kier molecular flexibility index (Phi) is 9.57. The van der Waals surface area contributed by atoms with Crippen LogP contribution in [0.25, 0.3) is 0 Å². The summed E-state index contributed by atoms with van der Waals surface area (Å²) in [6, 6.07) is 5.74. The molecule has 0 fully saturated rings. The lowest BCUT2D eigenvalue weighted by atomic mass is 10.3. The summed E-state index contributed by atoms with van der Waals surface area (Å²) in [5.41, 5.74) is 1.87. The van der Waals surface area contributed by atoms with Gasteiger partial charge in [0, 0.05) is 59.4 Å². The molecular weight excluding hydrogens is 584 g/mol. The lowest BCUT2D eigenvalue weighted by Crippen LogP contribution is -2.28. The molecule has 0 atom stereocenters. The lowest BCUT2D eigenvalue weighted by molar-refractivity contribution is -0.384. The minimum absolute atomic E-state index is 0.0808. The van der Waals surface area contributed by atoms with E-state index in [1.165, 1.54) is 40.7 Å². The molecule has 4 aromatic rings. The Morgan fingerprint density at radius 1 is 0.667 bits per heavy atom. The highest BCUT2D eigenvalue weighted by atomic mass is 16.6. The topological polar surface area (TPSA) is 183 Å². The number of aromatic nitrogens is 4. The second kappa shape index (κ2) is 13.3. The molecule has 4 heterocycles. The molecule has 45 heavy (non-hydrogen) atoms. The third kappa shape index (κ3) is 7.66. The van der Waals surface area contributed by atoms with Crippen LogP contribution in [0, 0.1) is 10.1 Å². The maximum Gasteiger partial charge on any atom is 0.287 e. The minimum Gasteiger partial charge on any atom is -0.351 e. The molecule has 0 aliphatic heterocycles. The quantitative estimate of drug-likeness (QED) is 0.107. The molecule has 16 nitrogen and oxygen atoms in total. The molecule has 4 rings (SSSR count). The summed E-state index contributed by atoms with van der Waals surface area (Å²) in [6.07, 6.45) is 6.80. The van der Waals surface area contributed by atoms with Gasteiger partial charge in [0.15, 0.2) is 0 Å². The first-order valence-corrected chi connectivity index (χ1v) is 13.9. The molecular formula is C29H36N10O6. The van der Waals surface area contributed by atoms with Crippen LogP contribution in [-0.2, 0) is 28.2 Å². The van der Waals surface area contributed by atoms with Crippen LogP contribution in [0.3, 0.4) is 0 Å². The van der Waals surface area contributed by atoms with Crippen molar-refractivity contribution in [3.8, 4) is 0 Å². The van der Waals surface area contributed by atoms with Crippen LogP contribution < -0.4 is 21.3 Å². The Labute approximate surface area is 258 Å². The highest BCUT2D eigenvalue weighted by Crippen LogP contribution is 2.21. The van der Waals surface area contributed by atoms with Crippen molar-refractivity contribution in [2.45, 2.75) is 6.42 Å². The number of carbonyl (C=O) groups is 4. The fourth-order valence-electron chi connectivity index (χ4n) is 4.72. The molecule has 0 unspecified atom stereocenters. The third-order valence-electron chi connectivity index (χ3n) is 6.99. The fourth-order valence-corrected chi connectivity index (χ4v) is 4.72. The van der Waals surface area contributed by atoms with Gasteiger partial charge in [-0.05, 0) is 45.3 Å². The van der Waals surface area contributed by atoms with Crippen LogP contribution in [0.2, 0.25) is 0 Å². The van der Waals surface area contributed by atoms with Crippen LogP contribution in [0.4, 0.5) is 22.7 Å². The van der Waals surface area contributed by atoms with Gasteiger partial charge in [-0.3, -0.25) is 29.3 Å². The van der Waals surface area contributed by atoms with E-state index in [0.29, 0.717) is 29.3 Å². The zero-order valence-corrected chi connectivity index (χ0v) is 25.9. The standard InChI is InChI=1S/C29H36N10O6/c1-34(2)9-7-8-30-26(40)22-10-18(14-35(22)3)31-27(41)23-11-19(15-36(23)4)32-28(42)24-12-20(16-37(24)5)33-29(43)25-13-21(39(44)45)17-38(25)6/h10-17H,7-9H2,1-6H3,(H,30,40)(H,31,41)(H,32,42)(H,33,43). The summed E-state index contributed by atoms with van der Waals surface area (Å²) in [6.45, 7) is 1.38. The molecule has 0 aliphatic rings. The maximum atomic E-state index is 13.1. The first-order chi connectivity index (χ1) is 21.2. The van der Waals surface area contributed by atoms with Crippen molar-refractivity contribution in [1.29, 1.82) is 0 Å². The number of hydrogen-bond donors (Lipinski definition) is 4. The maximum absolute atomic E-state index is 13.1. The average Bonchev–Trinajstić information content (AvgIpc) is 3.72. The highest BCUT2D eigenvalue weighted by molar-refractivity contribution is 6.08. The SMILES string of the molecule is CN(C)CCCNC(=O)c1cc(NC(=O)c2cc(NC(=O)c3cc(NC(=O)c4cc([N+](=O)[O-])cn4C)cn3C)cn2C)cn1C. The van der Waals surface area contributed by atoms with Crippen LogP contribution in [0.1, 0.15) is 48.4 Å². The van der Waals surface area contributed by atoms with Crippen molar-refractivity contribution in [3.05, 3.63) is 81.9 Å². The van der Waals surface area contributed by atoms with Gasteiger partial charge in [0.25, 0.3) is 29.3 Å². The van der Waals surface area contributed by atoms with Crippen molar-refractivity contribution in [1.82, 2.24) is 28.5 Å². The Hall–Kier alpha value is -5.64. The zero-order valence-electron chi connectivity index (χ0n) is 25.9. The molecule has 16 heteroatoms. The summed E-state index contributed by atoms with van der Waals surface area (Å²) >= 11 is 0. The van der Waals surface area contributed by atoms with Crippen molar-refractivity contribution < 1.29 is 24.1 Å². The second-order valence-corrected chi connectivity index (χ2v) is 10.9. The number of carbonyl (C=O) groups excluding carboxylic acids is 4. The number of anilines is 3. The molecule has 0 aromatic carbocycles. The Morgan fingerprint density at radius 3 is 1.42 bits per heavy atom. The third-order valence-corrected chi connectivity index (χ3v) is 6.99. The molecule has 4 N–H and O–H groups in total. The largest absolute Gasteiger partial charge is 0.351 e. The molecule has 0 saturated carbocycles. The lowest BCUT2D eigenvalue weighted by Gasteiger charge is -2.10. The molecule has 0 radical (unpaired) electrons. The van der Waals surface area contributed by atoms with Gasteiger partial charge in [-0.1, -0.05) is 0 Å². The number of hydrogen-bond acceptors (Lipinski definition) is 7. The van der Waals surface area contributed by atoms with Crippen LogP contribution in [0.15, 0.2) is 49.1 Å². The molecule has 0 bridgehead atoms. The zero-order chi connectivity index (χ0) is 33.0. The van der Waals surface area contributed by atoms with Gasteiger partial charge in [-0.25, -0.2) is 0 Å². The number of nitro groups is 1. The summed E-state index contributed by atoms with van der Waals surface area (Å²) in [4.78, 5) is 63.9. The average molecular weight is 621 g/mol. The highest BCUT2D eigenvalue weighted by Gasteiger charge is 2.21. The van der Waals surface area contributed by atoms with E-state index in [1.807, 2.05) is 19.0 Å². The van der Waals surface area contributed by atoms with E-state index in [2.05, 4.69) is 21.3 Å². The van der Waals surface area contributed by atoms with Crippen LogP contribution in [0.5, 0.6) is 0 Å². The predicted octanol–water partition coefficient (Wildman–Crippen LogP) is 2.39. The second-order valence-electron chi connectivity index (χ2n) is 10.9. The van der Waals surface area contributed by atoms with Crippen LogP contribution in [-0.4, -0.2) is 78.9 Å². The summed E-state index contributed by atoms with van der Waals surface area (Å²) < 4.78 is 6.05. The van der Waals surface area contributed by atoms with Crippen molar-refractivity contribution in [3.63, 3.8) is 0 Å². The predicted molar refractivity (Wildman–Crippen MR) is 168 cm³/mol. The van der Waals surface area contributed by atoms with E-state index in [1.54, 1.807) is 48.7 Å². The molecule has 238 valence electrons. The van der Waals surface area contributed by atoms with E-state index in [0.717, 1.165) is 19.0 Å². The molecule has 4 aromatic heterocycles. The van der Waals surface area contributed by atoms with Gasteiger partial charge in [-0.2, -0.15) is 0 Å². The van der Waals surface area contributed by atoms with E-state index < -0.39 is 22.6 Å². The normalized spacial score (nSPS) is 11.0. The molecule has 0 saturated heterocycles. The van der Waals surface area contributed by atoms with Crippen molar-refractivity contribution in [2.75, 3.05) is 43.1 Å². The first-order valence-electron chi connectivity index (χ1n) is 13.9. The minimum atomic E-state index is -0.589. The fraction of sp³-hybridized carbons (Fsp3) is 0.310. The molecule has 0 spiro atoms. The summed E-state index contributed by atoms with van der Waals surface area (Å²) in [7, 11) is 10.5. The Balaban J connectivity index is 1.38. The Bertz CT molecular complexity index is 1770. The monoisotopic (exact) mass is 620 g/mol. The van der Waals surface area contributed by atoms with Gasteiger partial charge >= 0.3 is 0 Å². The van der Waals surface area contributed by atoms with Crippen molar-refractivity contribution >= 4 is 46.4 Å². The number of nitrogens with one attached hydrogen (secondary N) is 4. The van der Waals surface area contributed by atoms with Gasteiger partial charge in [0.2, 0.25) is 0 Å². The summed E-state index contributed by atoms with van der Waals surface area (Å²) in [5, 5.41) is 22.1. The summed E-state index contributed by atoms with van der Waals surface area (Å²) in [5.74, 6) is -1.75. The molecule has 4 amide bonds. The number of nitrogens with zero attached hydrogens (tertiary/aromatic N) is 6. The Morgan fingerprint density at radius 2 is 1.04 bits per heavy atom. The van der Waals surface area contributed by atoms with Crippen LogP contribution >= 0.6 is 0 Å². The first kappa shape index (κ1) is 32.3. The number of rotatable bonds is 12. The van der Waals surface area contributed by atoms with E-state index in [4.69, 9.17) is 0 Å². The molecule has 0 aliphatic carbocycles. The van der Waals surface area contributed by atoms with Gasteiger partial charge < -0.3 is 44.4 Å². The van der Waals surface area contributed by atoms with Gasteiger partial charge in [-0.15, -0.1) is 0 Å². The smallest absolute Gasteiger partial charge is 0.287 e.